The number of halogens is 2. The van der Waals surface area contributed by atoms with Crippen LogP contribution in [0.3, 0.4) is 0 Å². The Hall–Kier alpha value is 0.850. The van der Waals surface area contributed by atoms with E-state index in [1.165, 1.54) is 1.33 Å². The summed E-state index contributed by atoms with van der Waals surface area (Å²) in [6.07, 6.45) is 0. The van der Waals surface area contributed by atoms with Crippen LogP contribution >= 0.6 is 45.7 Å². The first kappa shape index (κ1) is 9.85. The minimum atomic E-state index is -1.01. The molecule has 0 aromatic heterocycles. The van der Waals surface area contributed by atoms with E-state index in [-0.39, 0.29) is 6.61 Å². The molecule has 0 radical (unpaired) electrons. The van der Waals surface area contributed by atoms with Crippen molar-refractivity contribution in [1.29, 1.82) is 0 Å². The molecule has 6 heteroatoms. The zero-order valence-electron chi connectivity index (χ0n) is 4.29. The molecule has 0 heterocycles. The van der Waals surface area contributed by atoms with Crippen molar-refractivity contribution in [2.75, 3.05) is 6.61 Å². The summed E-state index contributed by atoms with van der Waals surface area (Å²) in [5.74, 6) is -1.01. The highest BCUT2D eigenvalue weighted by molar-refractivity contribution is 14.2. The van der Waals surface area contributed by atoms with E-state index in [2.05, 4.69) is 0 Å². The zero-order chi connectivity index (χ0) is 7.44. The number of hydrogen-bond donors (Lipinski definition) is 2. The number of aliphatic hydroxyl groups excluding tert-OH is 1. The van der Waals surface area contributed by atoms with Crippen molar-refractivity contribution in [1.82, 2.24) is 1.33 Å². The van der Waals surface area contributed by atoms with Gasteiger partial charge in [0.25, 0.3) is 0 Å². The van der Waals surface area contributed by atoms with Gasteiger partial charge in [0.15, 0.2) is 0 Å². The summed E-state index contributed by atoms with van der Waals surface area (Å²) in [6.45, 7) is -0.360. The molecule has 0 fully saturated rings. The van der Waals surface area contributed by atoms with Crippen LogP contribution in [0.25, 0.3) is 0 Å². The van der Waals surface area contributed by atoms with E-state index >= 15 is 0 Å². The van der Waals surface area contributed by atoms with Crippen molar-refractivity contribution >= 4 is 51.7 Å². The lowest BCUT2D eigenvalue weighted by Crippen LogP contribution is -2.31. The molecule has 54 valence electrons. The van der Waals surface area contributed by atoms with Crippen LogP contribution in [0.1, 0.15) is 0 Å². The minimum Gasteiger partial charge on any atom is -0.480 e. The van der Waals surface area contributed by atoms with E-state index in [0.717, 1.165) is 0 Å². The second-order valence-electron chi connectivity index (χ2n) is 1.30. The largest absolute Gasteiger partial charge is 0.480 e. The molecule has 0 aliphatic heterocycles. The highest BCUT2D eigenvalue weighted by Crippen LogP contribution is 2.12. The van der Waals surface area contributed by atoms with Crippen molar-refractivity contribution in [2.24, 2.45) is 0 Å². The minimum absolute atomic E-state index is 0.360. The van der Waals surface area contributed by atoms with Gasteiger partial charge in [-0.25, -0.2) is 0 Å². The maximum absolute atomic E-state index is 10.2. The zero-order valence-corrected chi connectivity index (χ0v) is 8.61. The van der Waals surface area contributed by atoms with Gasteiger partial charge in [0.2, 0.25) is 0 Å². The number of aliphatic carboxylic acids is 1. The van der Waals surface area contributed by atoms with E-state index < -0.39 is 12.0 Å². The highest BCUT2D eigenvalue weighted by Gasteiger charge is 2.20. The van der Waals surface area contributed by atoms with E-state index in [9.17, 15) is 4.79 Å². The Kier molecular flexibility index (Phi) is 5.07. The standard InChI is InChI=1S/C3H5I2NO3/c4-6(5)2(1-7)3(8)9/h2,7H,1H2,(H,8,9)/t2-/m0/s1. The van der Waals surface area contributed by atoms with E-state index in [1.54, 1.807) is 45.7 Å². The van der Waals surface area contributed by atoms with Crippen molar-refractivity contribution in [3.63, 3.8) is 0 Å². The molecule has 1 atom stereocenters. The van der Waals surface area contributed by atoms with Gasteiger partial charge in [-0.15, -0.1) is 0 Å². The first-order valence-electron chi connectivity index (χ1n) is 2.04. The third-order valence-electron chi connectivity index (χ3n) is 0.694. The lowest BCUT2D eigenvalue weighted by atomic mass is 10.3. The van der Waals surface area contributed by atoms with Gasteiger partial charge in [-0.05, 0) is 0 Å². The smallest absolute Gasteiger partial charge is 0.324 e. The second kappa shape index (κ2) is 4.63. The van der Waals surface area contributed by atoms with Crippen molar-refractivity contribution in [2.45, 2.75) is 6.04 Å². The fourth-order valence-electron chi connectivity index (χ4n) is 0.223. The number of carboxylic acids is 1. The Bertz CT molecular complexity index is 107. The van der Waals surface area contributed by atoms with Gasteiger partial charge in [-0.1, -0.05) is 0 Å². The molecule has 0 aliphatic carbocycles. The SMILES string of the molecule is O=C(O)[C@H](CO)N(I)I. The molecule has 0 spiro atoms. The lowest BCUT2D eigenvalue weighted by Gasteiger charge is -2.11. The predicted molar refractivity (Wildman–Crippen MR) is 48.4 cm³/mol. The number of rotatable bonds is 3. The molecule has 0 aromatic carbocycles. The molecule has 0 aromatic rings. The topological polar surface area (TPSA) is 60.8 Å². The number of carboxylic acid groups (broad SMARTS) is 1. The average Bonchev–Trinajstić information content (AvgIpc) is 1.64. The first-order chi connectivity index (χ1) is 4.09. The molecule has 0 saturated carbocycles. The molecular formula is C3H5I2NO3. The summed E-state index contributed by atoms with van der Waals surface area (Å²) in [5.41, 5.74) is 0. The summed E-state index contributed by atoms with van der Waals surface area (Å²) in [7, 11) is 0. The summed E-state index contributed by atoms with van der Waals surface area (Å²) in [5, 5.41) is 16.8. The third kappa shape index (κ3) is 3.53. The predicted octanol–water partition coefficient (Wildman–Crippen LogP) is 0.434. The van der Waals surface area contributed by atoms with Crippen molar-refractivity contribution < 1.29 is 15.0 Å². The first-order valence-corrected chi connectivity index (χ1v) is 3.97. The Morgan fingerprint density at radius 1 is 1.67 bits per heavy atom. The van der Waals surface area contributed by atoms with Crippen LogP contribution in [-0.4, -0.2) is 30.2 Å². The summed E-state index contributed by atoms with van der Waals surface area (Å²) in [4.78, 5) is 10.2. The number of hydrogen-bond acceptors (Lipinski definition) is 3. The molecule has 0 rings (SSSR count). The van der Waals surface area contributed by atoms with Gasteiger partial charge >= 0.3 is 5.97 Å². The summed E-state index contributed by atoms with van der Waals surface area (Å²) < 4.78 is 1.39. The molecule has 0 saturated heterocycles. The van der Waals surface area contributed by atoms with Crippen molar-refractivity contribution in [3.05, 3.63) is 0 Å². The van der Waals surface area contributed by atoms with Gasteiger partial charge in [0, 0.05) is 45.7 Å². The van der Waals surface area contributed by atoms with Gasteiger partial charge in [-0.2, -0.15) is 1.33 Å². The third-order valence-corrected chi connectivity index (χ3v) is 2.04. The fraction of sp³-hybridized carbons (Fsp3) is 0.667. The molecule has 0 amide bonds. The van der Waals surface area contributed by atoms with Crippen LogP contribution in [0.2, 0.25) is 0 Å². The maximum Gasteiger partial charge on any atom is 0.324 e. The van der Waals surface area contributed by atoms with Gasteiger partial charge in [0.05, 0.1) is 6.61 Å². The van der Waals surface area contributed by atoms with Crippen LogP contribution in [0.4, 0.5) is 0 Å². The molecule has 4 nitrogen and oxygen atoms in total. The fourth-order valence-corrected chi connectivity index (χ4v) is 1.05. The maximum atomic E-state index is 10.2. The van der Waals surface area contributed by atoms with Crippen molar-refractivity contribution in [3.8, 4) is 0 Å². The van der Waals surface area contributed by atoms with Crippen LogP contribution in [0, 0.1) is 0 Å². The molecular weight excluding hydrogens is 352 g/mol. The monoisotopic (exact) mass is 357 g/mol. The van der Waals surface area contributed by atoms with Gasteiger partial charge in [0.1, 0.15) is 6.04 Å². The normalized spacial score (nSPS) is 13.8. The van der Waals surface area contributed by atoms with Crippen LogP contribution in [0.15, 0.2) is 0 Å². The summed E-state index contributed by atoms with van der Waals surface area (Å²) in [6, 6.07) is -0.800. The van der Waals surface area contributed by atoms with E-state index in [4.69, 9.17) is 10.2 Å². The number of nitrogens with zero attached hydrogens (tertiary/aromatic N) is 1. The second-order valence-corrected chi connectivity index (χ2v) is 5.22. The summed E-state index contributed by atoms with van der Waals surface area (Å²) >= 11 is 3.60. The highest BCUT2D eigenvalue weighted by atomic mass is 127. The van der Waals surface area contributed by atoms with E-state index in [0.29, 0.717) is 0 Å². The Balaban J connectivity index is 3.83. The quantitative estimate of drug-likeness (QED) is 0.569. The Morgan fingerprint density at radius 2 is 2.11 bits per heavy atom. The number of carbonyl (C=O) groups is 1. The van der Waals surface area contributed by atoms with Crippen LogP contribution < -0.4 is 0 Å². The van der Waals surface area contributed by atoms with Gasteiger partial charge in [-0.3, -0.25) is 4.79 Å². The molecule has 0 aliphatic rings. The lowest BCUT2D eigenvalue weighted by molar-refractivity contribution is -0.140. The number of aliphatic hydroxyl groups is 1. The van der Waals surface area contributed by atoms with Gasteiger partial charge < -0.3 is 10.2 Å². The van der Waals surface area contributed by atoms with E-state index in [1.807, 2.05) is 0 Å². The van der Waals surface area contributed by atoms with Crippen LogP contribution in [-0.2, 0) is 4.79 Å². The van der Waals surface area contributed by atoms with Crippen LogP contribution in [0.5, 0.6) is 0 Å². The molecule has 9 heavy (non-hydrogen) atoms. The average molecular weight is 357 g/mol. The molecule has 2 N–H and O–H groups in total. The molecule has 0 bridgehead atoms. The Morgan fingerprint density at radius 3 is 2.11 bits per heavy atom. The molecule has 0 unspecified atom stereocenters. The Labute approximate surface area is 80.2 Å².